The molecule has 0 saturated carbocycles. The van der Waals surface area contributed by atoms with Gasteiger partial charge in [-0.1, -0.05) is 60.4 Å². The quantitative estimate of drug-likeness (QED) is 0.416. The number of carbonyl (C=O) groups excluding carboxylic acids is 1. The molecule has 4 rings (SSSR count). The summed E-state index contributed by atoms with van der Waals surface area (Å²) in [7, 11) is 0. The minimum atomic E-state index is -0.219. The summed E-state index contributed by atoms with van der Waals surface area (Å²) in [5, 5.41) is 3.15. The Bertz CT molecular complexity index is 1270. The summed E-state index contributed by atoms with van der Waals surface area (Å²) in [6.45, 7) is 5.01. The molecule has 0 aliphatic carbocycles. The number of thiocarbonyl (C=S) groups is 1. The van der Waals surface area contributed by atoms with E-state index in [-0.39, 0.29) is 11.5 Å². The first-order valence-corrected chi connectivity index (χ1v) is 11.8. The average Bonchev–Trinajstić information content (AvgIpc) is 3.05. The van der Waals surface area contributed by atoms with E-state index in [4.69, 9.17) is 12.2 Å². The number of carbonyl (C=O) groups is 1. The van der Waals surface area contributed by atoms with Crippen LogP contribution in [0.4, 0.5) is 5.82 Å². The van der Waals surface area contributed by atoms with Crippen LogP contribution in [0, 0.1) is 6.92 Å². The number of benzene rings is 1. The lowest BCUT2D eigenvalue weighted by atomic mass is 10.1. The molecule has 1 amide bonds. The normalized spacial score (nSPS) is 15.2. The molecule has 1 aliphatic rings. The Kier molecular flexibility index (Phi) is 6.72. The zero-order chi connectivity index (χ0) is 22.7. The second-order valence-electron chi connectivity index (χ2n) is 7.57. The molecule has 1 aliphatic heterocycles. The lowest BCUT2D eigenvalue weighted by Gasteiger charge is -2.14. The molecule has 3 aromatic rings. The number of pyridine rings is 1. The molecule has 8 heteroatoms. The minimum absolute atomic E-state index is 0.163. The van der Waals surface area contributed by atoms with Crippen LogP contribution in [0.3, 0.4) is 0 Å². The molecule has 6 nitrogen and oxygen atoms in total. The summed E-state index contributed by atoms with van der Waals surface area (Å²) < 4.78 is 2.03. The van der Waals surface area contributed by atoms with E-state index in [9.17, 15) is 9.59 Å². The van der Waals surface area contributed by atoms with Crippen molar-refractivity contribution < 1.29 is 4.79 Å². The third-order valence-electron chi connectivity index (χ3n) is 5.19. The van der Waals surface area contributed by atoms with Crippen LogP contribution in [-0.2, 0) is 11.2 Å². The van der Waals surface area contributed by atoms with E-state index < -0.39 is 0 Å². The molecule has 0 radical (unpaired) electrons. The lowest BCUT2D eigenvalue weighted by Crippen LogP contribution is -2.29. The number of anilines is 1. The first-order chi connectivity index (χ1) is 15.5. The fourth-order valence-corrected chi connectivity index (χ4v) is 4.89. The largest absolute Gasteiger partial charge is 0.370 e. The number of fused-ring (bicyclic) bond motifs is 1. The van der Waals surface area contributed by atoms with Gasteiger partial charge < -0.3 is 5.32 Å². The summed E-state index contributed by atoms with van der Waals surface area (Å²) in [6.07, 6.45) is 5.06. The van der Waals surface area contributed by atoms with Crippen LogP contribution >= 0.6 is 24.0 Å². The van der Waals surface area contributed by atoms with Gasteiger partial charge in [0.05, 0.1) is 10.5 Å². The number of thioether (sulfide) groups is 1. The Morgan fingerprint density at radius 3 is 2.69 bits per heavy atom. The van der Waals surface area contributed by atoms with Crippen molar-refractivity contribution in [1.82, 2.24) is 14.3 Å². The van der Waals surface area contributed by atoms with Crippen LogP contribution < -0.4 is 10.9 Å². The molecular formula is C24H24N4O2S2. The monoisotopic (exact) mass is 464 g/mol. The van der Waals surface area contributed by atoms with Gasteiger partial charge in [0.1, 0.15) is 15.8 Å². The van der Waals surface area contributed by atoms with Gasteiger partial charge in [0.2, 0.25) is 0 Å². The maximum Gasteiger partial charge on any atom is 0.267 e. The minimum Gasteiger partial charge on any atom is -0.370 e. The van der Waals surface area contributed by atoms with Gasteiger partial charge in [0.15, 0.2) is 0 Å². The Labute approximate surface area is 196 Å². The molecule has 164 valence electrons. The fraction of sp³-hybridized carbons (Fsp3) is 0.250. The molecule has 0 atom stereocenters. The Hall–Kier alpha value is -2.97. The lowest BCUT2D eigenvalue weighted by molar-refractivity contribution is -0.122. The van der Waals surface area contributed by atoms with Crippen molar-refractivity contribution in [2.45, 2.75) is 26.7 Å². The van der Waals surface area contributed by atoms with Crippen molar-refractivity contribution in [3.8, 4) is 0 Å². The highest BCUT2D eigenvalue weighted by Gasteiger charge is 2.32. The molecular weight excluding hydrogens is 440 g/mol. The molecule has 0 unspecified atom stereocenters. The molecule has 1 aromatic carbocycles. The van der Waals surface area contributed by atoms with Gasteiger partial charge in [-0.2, -0.15) is 0 Å². The molecule has 1 N–H and O–H groups in total. The zero-order valence-corrected chi connectivity index (χ0v) is 19.6. The maximum atomic E-state index is 13.2. The molecule has 0 spiro atoms. The second-order valence-corrected chi connectivity index (χ2v) is 9.24. The van der Waals surface area contributed by atoms with Crippen molar-refractivity contribution in [3.63, 3.8) is 0 Å². The van der Waals surface area contributed by atoms with Gasteiger partial charge in [-0.15, -0.1) is 0 Å². The highest BCUT2D eigenvalue weighted by atomic mass is 32.2. The molecule has 32 heavy (non-hydrogen) atoms. The van der Waals surface area contributed by atoms with Crippen LogP contribution in [0.2, 0.25) is 0 Å². The van der Waals surface area contributed by atoms with E-state index in [0.29, 0.717) is 39.3 Å². The van der Waals surface area contributed by atoms with Crippen molar-refractivity contribution in [2.24, 2.45) is 0 Å². The van der Waals surface area contributed by atoms with Gasteiger partial charge in [-0.25, -0.2) is 4.98 Å². The molecule has 1 fully saturated rings. The highest BCUT2D eigenvalue weighted by molar-refractivity contribution is 8.26. The Morgan fingerprint density at radius 2 is 1.94 bits per heavy atom. The van der Waals surface area contributed by atoms with Crippen molar-refractivity contribution in [3.05, 3.63) is 80.6 Å². The highest BCUT2D eigenvalue weighted by Crippen LogP contribution is 2.33. The molecule has 3 heterocycles. The van der Waals surface area contributed by atoms with E-state index in [0.717, 1.165) is 18.4 Å². The molecule has 2 aromatic heterocycles. The fourth-order valence-electron chi connectivity index (χ4n) is 3.60. The van der Waals surface area contributed by atoms with Gasteiger partial charge in [0, 0.05) is 19.3 Å². The van der Waals surface area contributed by atoms with Gasteiger partial charge in [0.25, 0.3) is 11.5 Å². The number of hydrogen-bond acceptors (Lipinski definition) is 6. The van der Waals surface area contributed by atoms with Gasteiger partial charge >= 0.3 is 0 Å². The topological polar surface area (TPSA) is 66.7 Å². The Morgan fingerprint density at radius 1 is 1.16 bits per heavy atom. The predicted molar refractivity (Wildman–Crippen MR) is 135 cm³/mol. The number of rotatable bonds is 7. The second kappa shape index (κ2) is 9.67. The SMILES string of the molecule is CCNc1nc2ccc(C)cn2c(=O)c1/C=C1\SC(=S)N(CCCc2ccccc2)C1=O. The van der Waals surface area contributed by atoms with E-state index in [2.05, 4.69) is 22.4 Å². The van der Waals surface area contributed by atoms with Crippen LogP contribution in [0.25, 0.3) is 11.7 Å². The first kappa shape index (κ1) is 22.2. The van der Waals surface area contributed by atoms with E-state index in [1.807, 2.05) is 44.2 Å². The number of aromatic nitrogens is 2. The van der Waals surface area contributed by atoms with Crippen molar-refractivity contribution >= 4 is 51.7 Å². The van der Waals surface area contributed by atoms with Crippen molar-refractivity contribution in [1.29, 1.82) is 0 Å². The molecule has 0 bridgehead atoms. The summed E-state index contributed by atoms with van der Waals surface area (Å²) in [5.41, 5.74) is 2.88. The summed E-state index contributed by atoms with van der Waals surface area (Å²) in [5.74, 6) is 0.306. The number of nitrogens with zero attached hydrogens (tertiary/aromatic N) is 3. The van der Waals surface area contributed by atoms with Crippen molar-refractivity contribution in [2.75, 3.05) is 18.4 Å². The zero-order valence-electron chi connectivity index (χ0n) is 18.0. The first-order valence-electron chi connectivity index (χ1n) is 10.5. The van der Waals surface area contributed by atoms with E-state index >= 15 is 0 Å². The summed E-state index contributed by atoms with van der Waals surface area (Å²) in [4.78, 5) is 33.0. The van der Waals surface area contributed by atoms with Gasteiger partial charge in [-0.3, -0.25) is 18.9 Å². The Balaban J connectivity index is 1.61. The maximum absolute atomic E-state index is 13.2. The van der Waals surface area contributed by atoms with Crippen LogP contribution in [0.15, 0.2) is 58.4 Å². The summed E-state index contributed by atoms with van der Waals surface area (Å²) >= 11 is 6.70. The smallest absolute Gasteiger partial charge is 0.267 e. The third-order valence-corrected chi connectivity index (χ3v) is 6.57. The van der Waals surface area contributed by atoms with Gasteiger partial charge in [-0.05, 0) is 50.0 Å². The molecule has 1 saturated heterocycles. The number of amides is 1. The number of nitrogens with one attached hydrogen (secondary N) is 1. The number of hydrogen-bond donors (Lipinski definition) is 1. The number of aryl methyl sites for hydroxylation is 2. The summed E-state index contributed by atoms with van der Waals surface area (Å²) in [6, 6.07) is 13.9. The predicted octanol–water partition coefficient (Wildman–Crippen LogP) is 4.27. The standard InChI is InChI=1S/C24H24N4O2S2/c1-3-25-21-18(22(29)28-15-16(2)11-12-20(28)26-21)14-19-23(30)27(24(31)32-19)13-7-10-17-8-5-4-6-9-17/h4-6,8-9,11-12,14-15,25H,3,7,10,13H2,1-2H3/b19-14-. The van der Waals surface area contributed by atoms with Crippen LogP contribution in [-0.4, -0.2) is 37.6 Å². The third kappa shape index (κ3) is 4.61. The van der Waals surface area contributed by atoms with Crippen LogP contribution in [0.5, 0.6) is 0 Å². The van der Waals surface area contributed by atoms with E-state index in [1.54, 1.807) is 17.2 Å². The average molecular weight is 465 g/mol. The van der Waals surface area contributed by atoms with E-state index in [1.165, 1.54) is 21.7 Å². The van der Waals surface area contributed by atoms with Crippen LogP contribution in [0.1, 0.15) is 30.0 Å².